The van der Waals surface area contributed by atoms with Crippen LogP contribution in [-0.4, -0.2) is 59.2 Å². The molecule has 8 saturated carbocycles. The van der Waals surface area contributed by atoms with Gasteiger partial charge in [0.1, 0.15) is 0 Å². The highest BCUT2D eigenvalue weighted by molar-refractivity contribution is 5.77. The second-order valence-corrected chi connectivity index (χ2v) is 15.3. The van der Waals surface area contributed by atoms with Gasteiger partial charge in [-0.05, 0) is 114 Å². The molecule has 0 aliphatic heterocycles. The van der Waals surface area contributed by atoms with Gasteiger partial charge in [0.05, 0.1) is 24.9 Å². The minimum Gasteiger partial charge on any atom is -0.464 e. The quantitative estimate of drug-likeness (QED) is 0.297. The molecule has 8 aliphatic carbocycles. The van der Waals surface area contributed by atoms with E-state index < -0.39 is 35.1 Å². The Morgan fingerprint density at radius 3 is 1.71 bits per heavy atom. The number of aliphatic hydroxyl groups excluding tert-OH is 1. The summed E-state index contributed by atoms with van der Waals surface area (Å²) >= 11 is 0. The van der Waals surface area contributed by atoms with E-state index in [1.54, 1.807) is 0 Å². The third kappa shape index (κ3) is 6.00. The van der Waals surface area contributed by atoms with Crippen LogP contribution in [0.25, 0.3) is 0 Å². The molecule has 0 aromatic rings. The first-order valence-electron chi connectivity index (χ1n) is 14.9. The number of ether oxygens (including phenoxy) is 2. The predicted molar refractivity (Wildman–Crippen MR) is 136 cm³/mol. The lowest BCUT2D eigenvalue weighted by Crippen LogP contribution is -2.57. The average Bonchev–Trinajstić information content (AvgIpc) is 2.81. The SMILES string of the molecule is CC(C)(C(=O)OCC12CC3CC(CC(O)(C3)C1)C2)C(F)(F)F.CC(F)(F)C(=O)OCC12CC3CC(C1)C(O)C(C3)C2. The van der Waals surface area contributed by atoms with Gasteiger partial charge < -0.3 is 19.7 Å². The van der Waals surface area contributed by atoms with Gasteiger partial charge >= 0.3 is 24.0 Å². The van der Waals surface area contributed by atoms with E-state index in [0.29, 0.717) is 31.1 Å². The molecule has 11 heteroatoms. The minimum absolute atomic E-state index is 0.000648. The minimum atomic E-state index is -4.62. The summed E-state index contributed by atoms with van der Waals surface area (Å²) in [6.45, 7) is 2.36. The van der Waals surface area contributed by atoms with Gasteiger partial charge in [-0.2, -0.15) is 22.0 Å². The Morgan fingerprint density at radius 2 is 1.22 bits per heavy atom. The molecule has 8 fully saturated rings. The molecule has 0 spiro atoms. The number of rotatable bonds is 6. The van der Waals surface area contributed by atoms with E-state index in [-0.39, 0.29) is 42.0 Å². The summed E-state index contributed by atoms with van der Waals surface area (Å²) in [6.07, 6.45) is 4.70. The van der Waals surface area contributed by atoms with Crippen molar-refractivity contribution in [1.82, 2.24) is 0 Å². The van der Waals surface area contributed by atoms with Crippen molar-refractivity contribution in [3.05, 3.63) is 0 Å². The third-order valence-electron chi connectivity index (χ3n) is 11.1. The number of esters is 2. The van der Waals surface area contributed by atoms with Gasteiger partial charge in [0.2, 0.25) is 0 Å². The lowest BCUT2D eigenvalue weighted by Gasteiger charge is -2.59. The highest BCUT2D eigenvalue weighted by Crippen LogP contribution is 2.62. The van der Waals surface area contributed by atoms with Crippen molar-refractivity contribution in [2.24, 2.45) is 45.8 Å². The molecule has 8 aliphatic rings. The summed E-state index contributed by atoms with van der Waals surface area (Å²) in [5.74, 6) is -4.12. The molecule has 8 bridgehead atoms. The molecule has 8 rings (SSSR count). The van der Waals surface area contributed by atoms with Gasteiger partial charge in [0.15, 0.2) is 5.41 Å². The lowest BCUT2D eigenvalue weighted by atomic mass is 9.48. The zero-order valence-corrected chi connectivity index (χ0v) is 24.1. The van der Waals surface area contributed by atoms with Crippen molar-refractivity contribution in [3.63, 3.8) is 0 Å². The molecule has 41 heavy (non-hydrogen) atoms. The van der Waals surface area contributed by atoms with Gasteiger partial charge in [-0.3, -0.25) is 4.79 Å². The lowest BCUT2D eigenvalue weighted by molar-refractivity contribution is -0.231. The van der Waals surface area contributed by atoms with Crippen molar-refractivity contribution >= 4 is 11.9 Å². The van der Waals surface area contributed by atoms with E-state index in [0.717, 1.165) is 78.1 Å². The first-order valence-corrected chi connectivity index (χ1v) is 14.9. The average molecular weight is 595 g/mol. The van der Waals surface area contributed by atoms with Crippen LogP contribution in [0.4, 0.5) is 22.0 Å². The molecule has 4 atom stereocenters. The highest BCUT2D eigenvalue weighted by atomic mass is 19.4. The fourth-order valence-corrected chi connectivity index (χ4v) is 9.77. The van der Waals surface area contributed by atoms with E-state index in [4.69, 9.17) is 9.47 Å². The van der Waals surface area contributed by atoms with Crippen molar-refractivity contribution in [2.75, 3.05) is 13.2 Å². The zero-order chi connectivity index (χ0) is 30.2. The molecular formula is C30H43F5O6. The molecule has 0 aromatic heterocycles. The number of carbonyl (C=O) groups is 2. The first-order chi connectivity index (χ1) is 18.7. The van der Waals surface area contributed by atoms with E-state index in [1.807, 2.05) is 0 Å². The summed E-state index contributed by atoms with van der Waals surface area (Å²) < 4.78 is 74.3. The zero-order valence-electron chi connectivity index (χ0n) is 24.1. The van der Waals surface area contributed by atoms with Gasteiger partial charge in [0, 0.05) is 17.8 Å². The molecule has 0 heterocycles. The molecule has 0 amide bonds. The summed E-state index contributed by atoms with van der Waals surface area (Å²) in [6, 6.07) is 0. The third-order valence-corrected chi connectivity index (χ3v) is 11.1. The number of hydrogen-bond donors (Lipinski definition) is 2. The number of hydrogen-bond acceptors (Lipinski definition) is 6. The fraction of sp³-hybridized carbons (Fsp3) is 0.933. The van der Waals surface area contributed by atoms with E-state index in [2.05, 4.69) is 0 Å². The van der Waals surface area contributed by atoms with Crippen LogP contribution in [0.1, 0.15) is 91.4 Å². The second kappa shape index (κ2) is 10.0. The highest BCUT2D eigenvalue weighted by Gasteiger charge is 2.59. The molecule has 0 saturated heterocycles. The molecule has 0 aromatic carbocycles. The van der Waals surface area contributed by atoms with Crippen LogP contribution >= 0.6 is 0 Å². The summed E-state index contributed by atoms with van der Waals surface area (Å²) in [5, 5.41) is 20.7. The summed E-state index contributed by atoms with van der Waals surface area (Å²) in [4.78, 5) is 23.1. The fourth-order valence-electron chi connectivity index (χ4n) is 9.77. The molecule has 6 nitrogen and oxygen atoms in total. The molecular weight excluding hydrogens is 551 g/mol. The summed E-state index contributed by atoms with van der Waals surface area (Å²) in [7, 11) is 0. The molecule has 0 radical (unpaired) electrons. The van der Waals surface area contributed by atoms with Crippen LogP contribution in [-0.2, 0) is 19.1 Å². The smallest absolute Gasteiger partial charge is 0.404 e. The normalized spacial score (nSPS) is 42.5. The Labute approximate surface area is 237 Å². The summed E-state index contributed by atoms with van der Waals surface area (Å²) in [5.41, 5.74) is -3.67. The van der Waals surface area contributed by atoms with Gasteiger partial charge in [-0.1, -0.05) is 0 Å². The van der Waals surface area contributed by atoms with E-state index >= 15 is 0 Å². The molecule has 234 valence electrons. The maximum absolute atomic E-state index is 12.9. The number of alkyl halides is 5. The van der Waals surface area contributed by atoms with E-state index in [9.17, 15) is 41.8 Å². The molecule has 4 unspecified atom stereocenters. The Bertz CT molecular complexity index is 1010. The van der Waals surface area contributed by atoms with Crippen molar-refractivity contribution in [3.8, 4) is 0 Å². The van der Waals surface area contributed by atoms with Crippen LogP contribution in [0.5, 0.6) is 0 Å². The molecule has 2 N–H and O–H groups in total. The van der Waals surface area contributed by atoms with Gasteiger partial charge in [0.25, 0.3) is 0 Å². The maximum atomic E-state index is 12.9. The Hall–Kier alpha value is -1.49. The first kappa shape index (κ1) is 31.0. The van der Waals surface area contributed by atoms with Crippen LogP contribution in [0.15, 0.2) is 0 Å². The van der Waals surface area contributed by atoms with Crippen LogP contribution in [0.3, 0.4) is 0 Å². The van der Waals surface area contributed by atoms with Gasteiger partial charge in [-0.15, -0.1) is 0 Å². The Kier molecular flexibility index (Phi) is 7.57. The number of aliphatic hydroxyl groups is 2. The van der Waals surface area contributed by atoms with Crippen molar-refractivity contribution < 1.29 is 51.2 Å². The second-order valence-electron chi connectivity index (χ2n) is 15.3. The van der Waals surface area contributed by atoms with Crippen molar-refractivity contribution in [2.45, 2.75) is 115 Å². The standard InChI is InChI=1S/C16H23F3O3.C14H20F2O3/c1-13(2,16(17,18)19)12(20)22-9-14-4-10-3-11(5-14)7-15(21,6-10)8-14;1-13(15,16)12(18)19-7-14-4-8-2-9(5-14)11(17)10(3-8)6-14/h10-11,21H,3-9H2,1-2H3;8-11,17H,2-7H2,1H3. The van der Waals surface area contributed by atoms with Crippen molar-refractivity contribution in [1.29, 1.82) is 0 Å². The number of halogens is 5. The maximum Gasteiger partial charge on any atom is 0.404 e. The van der Waals surface area contributed by atoms with E-state index in [1.165, 1.54) is 0 Å². The Morgan fingerprint density at radius 1 is 0.732 bits per heavy atom. The Balaban J connectivity index is 0.000000166. The monoisotopic (exact) mass is 594 g/mol. The predicted octanol–water partition coefficient (Wildman–Crippen LogP) is 5.82. The van der Waals surface area contributed by atoms with Crippen LogP contribution in [0, 0.1) is 45.8 Å². The topological polar surface area (TPSA) is 93.1 Å². The van der Waals surface area contributed by atoms with Crippen LogP contribution < -0.4 is 0 Å². The van der Waals surface area contributed by atoms with Crippen LogP contribution in [0.2, 0.25) is 0 Å². The number of carbonyl (C=O) groups excluding carboxylic acids is 2. The van der Waals surface area contributed by atoms with Gasteiger partial charge in [-0.25, -0.2) is 4.79 Å². The largest absolute Gasteiger partial charge is 0.464 e.